The number of aromatic nitrogens is 3. The lowest BCUT2D eigenvalue weighted by Crippen LogP contribution is -2.22. The van der Waals surface area contributed by atoms with Gasteiger partial charge >= 0.3 is 0 Å². The van der Waals surface area contributed by atoms with Gasteiger partial charge in [-0.15, -0.1) is 0 Å². The Morgan fingerprint density at radius 2 is 2.26 bits per heavy atom. The molecule has 3 heterocycles. The Morgan fingerprint density at radius 1 is 1.42 bits per heavy atom. The normalized spacial score (nSPS) is 20.3. The van der Waals surface area contributed by atoms with E-state index in [0.717, 1.165) is 30.4 Å². The molecule has 1 aliphatic heterocycles. The van der Waals surface area contributed by atoms with Gasteiger partial charge in [0.05, 0.1) is 18.4 Å². The minimum atomic E-state index is 0.446. The van der Waals surface area contributed by atoms with Gasteiger partial charge in [0, 0.05) is 24.8 Å². The molecule has 1 saturated heterocycles. The van der Waals surface area contributed by atoms with E-state index in [0.29, 0.717) is 6.04 Å². The second-order valence-electron chi connectivity index (χ2n) is 5.33. The Bertz CT molecular complexity index is 552. The average molecular weight is 260 g/mol. The molecule has 0 spiro atoms. The highest BCUT2D eigenvalue weighted by Gasteiger charge is 2.28. The Balaban J connectivity index is 1.76. The number of nitrogens with zero attached hydrogens (tertiary/aromatic N) is 4. The lowest BCUT2D eigenvalue weighted by atomic mass is 10.1. The predicted molar refractivity (Wildman–Crippen MR) is 71.6 cm³/mol. The fourth-order valence-electron chi connectivity index (χ4n) is 2.79. The zero-order chi connectivity index (χ0) is 13.4. The van der Waals surface area contributed by atoms with Crippen molar-refractivity contribution >= 4 is 0 Å². The Labute approximate surface area is 113 Å². The van der Waals surface area contributed by atoms with E-state index in [1.807, 2.05) is 31.8 Å². The number of hydrogen-bond acceptors (Lipinski definition) is 4. The van der Waals surface area contributed by atoms with Gasteiger partial charge in [-0.1, -0.05) is 0 Å². The zero-order valence-corrected chi connectivity index (χ0v) is 11.8. The van der Waals surface area contributed by atoms with E-state index >= 15 is 0 Å². The summed E-state index contributed by atoms with van der Waals surface area (Å²) in [6.45, 7) is 5.84. The molecule has 1 fully saturated rings. The van der Waals surface area contributed by atoms with Crippen LogP contribution in [0.15, 0.2) is 16.8 Å². The molecular formula is C14H20N4O. The maximum atomic E-state index is 5.69. The third-order valence-electron chi connectivity index (χ3n) is 3.88. The molecule has 2 aromatic rings. The topological polar surface area (TPSA) is 47.1 Å². The molecule has 0 radical (unpaired) electrons. The van der Waals surface area contributed by atoms with E-state index in [2.05, 4.69) is 21.2 Å². The molecular weight excluding hydrogens is 240 g/mol. The van der Waals surface area contributed by atoms with E-state index in [9.17, 15) is 0 Å². The summed E-state index contributed by atoms with van der Waals surface area (Å²) in [5.74, 6) is 1.75. The molecule has 5 heteroatoms. The van der Waals surface area contributed by atoms with Crippen LogP contribution in [0.5, 0.6) is 0 Å². The van der Waals surface area contributed by atoms with Crippen molar-refractivity contribution in [3.8, 4) is 0 Å². The van der Waals surface area contributed by atoms with Crippen molar-refractivity contribution < 1.29 is 4.42 Å². The monoisotopic (exact) mass is 260 g/mol. The SMILES string of the molecule is Cc1nc(CN2CCC[C@H]2c2cnn(C)c2)oc1C. The quantitative estimate of drug-likeness (QED) is 0.850. The number of rotatable bonds is 3. The van der Waals surface area contributed by atoms with Crippen LogP contribution in [0.1, 0.15) is 41.8 Å². The van der Waals surface area contributed by atoms with Crippen LogP contribution in [0, 0.1) is 13.8 Å². The molecule has 102 valence electrons. The summed E-state index contributed by atoms with van der Waals surface area (Å²) in [6.07, 6.45) is 6.48. The van der Waals surface area contributed by atoms with Crippen LogP contribution in [0.4, 0.5) is 0 Å². The van der Waals surface area contributed by atoms with Crippen LogP contribution in [-0.4, -0.2) is 26.2 Å². The van der Waals surface area contributed by atoms with E-state index in [4.69, 9.17) is 4.42 Å². The second kappa shape index (κ2) is 4.81. The highest BCUT2D eigenvalue weighted by Crippen LogP contribution is 2.32. The number of aryl methyl sites for hydroxylation is 3. The van der Waals surface area contributed by atoms with Gasteiger partial charge in [-0.2, -0.15) is 5.10 Å². The average Bonchev–Trinajstić information content (AvgIpc) is 3.03. The van der Waals surface area contributed by atoms with Gasteiger partial charge < -0.3 is 4.42 Å². The second-order valence-corrected chi connectivity index (χ2v) is 5.33. The van der Waals surface area contributed by atoms with Gasteiger partial charge in [0.15, 0.2) is 0 Å². The molecule has 2 aromatic heterocycles. The highest BCUT2D eigenvalue weighted by atomic mass is 16.4. The summed E-state index contributed by atoms with van der Waals surface area (Å²) in [5.41, 5.74) is 2.28. The van der Waals surface area contributed by atoms with E-state index in [1.54, 1.807) is 0 Å². The van der Waals surface area contributed by atoms with Crippen molar-refractivity contribution in [1.29, 1.82) is 0 Å². The number of hydrogen-bond donors (Lipinski definition) is 0. The maximum absolute atomic E-state index is 5.69. The van der Waals surface area contributed by atoms with Crippen molar-refractivity contribution in [3.63, 3.8) is 0 Å². The van der Waals surface area contributed by atoms with Crippen LogP contribution in [0.2, 0.25) is 0 Å². The standard InChI is InChI=1S/C14H20N4O/c1-10-11(2)19-14(16-10)9-18-6-4-5-13(18)12-7-15-17(3)8-12/h7-8,13H,4-6,9H2,1-3H3/t13-/m0/s1. The molecule has 0 bridgehead atoms. The molecule has 0 aromatic carbocycles. The first-order valence-corrected chi connectivity index (χ1v) is 6.79. The molecule has 0 amide bonds. The van der Waals surface area contributed by atoms with Gasteiger partial charge in [-0.05, 0) is 33.2 Å². The summed E-state index contributed by atoms with van der Waals surface area (Å²) in [4.78, 5) is 6.91. The number of likely N-dealkylation sites (tertiary alicyclic amines) is 1. The maximum Gasteiger partial charge on any atom is 0.208 e. The molecule has 0 aliphatic carbocycles. The van der Waals surface area contributed by atoms with E-state index in [1.165, 1.54) is 18.4 Å². The summed E-state index contributed by atoms with van der Waals surface area (Å²) >= 11 is 0. The molecule has 19 heavy (non-hydrogen) atoms. The Hall–Kier alpha value is -1.62. The Kier molecular flexibility index (Phi) is 3.14. The van der Waals surface area contributed by atoms with Crippen LogP contribution in [0.25, 0.3) is 0 Å². The van der Waals surface area contributed by atoms with Crippen molar-refractivity contribution in [2.75, 3.05) is 6.54 Å². The molecule has 3 rings (SSSR count). The summed E-state index contributed by atoms with van der Waals surface area (Å²) in [5, 5.41) is 4.27. The number of oxazole rings is 1. The first kappa shape index (κ1) is 12.4. The molecule has 5 nitrogen and oxygen atoms in total. The lowest BCUT2D eigenvalue weighted by molar-refractivity contribution is 0.222. The minimum absolute atomic E-state index is 0.446. The summed E-state index contributed by atoms with van der Waals surface area (Å²) in [7, 11) is 1.96. The molecule has 0 saturated carbocycles. The third kappa shape index (κ3) is 2.42. The molecule has 0 unspecified atom stereocenters. The highest BCUT2D eigenvalue weighted by molar-refractivity contribution is 5.13. The van der Waals surface area contributed by atoms with Gasteiger partial charge in [0.2, 0.25) is 5.89 Å². The molecule has 0 N–H and O–H groups in total. The Morgan fingerprint density at radius 3 is 2.89 bits per heavy atom. The minimum Gasteiger partial charge on any atom is -0.444 e. The molecule has 1 aliphatic rings. The van der Waals surface area contributed by atoms with Crippen LogP contribution in [-0.2, 0) is 13.6 Å². The first-order chi connectivity index (χ1) is 9.13. The fraction of sp³-hybridized carbons (Fsp3) is 0.571. The van der Waals surface area contributed by atoms with E-state index in [-0.39, 0.29) is 0 Å². The first-order valence-electron chi connectivity index (χ1n) is 6.79. The summed E-state index contributed by atoms with van der Waals surface area (Å²) < 4.78 is 7.56. The smallest absolute Gasteiger partial charge is 0.208 e. The van der Waals surface area contributed by atoms with Crippen LogP contribution >= 0.6 is 0 Å². The van der Waals surface area contributed by atoms with Crippen molar-refractivity contribution in [3.05, 3.63) is 35.3 Å². The van der Waals surface area contributed by atoms with Gasteiger partial charge in [0.1, 0.15) is 5.76 Å². The zero-order valence-electron chi connectivity index (χ0n) is 11.8. The van der Waals surface area contributed by atoms with Crippen LogP contribution in [0.3, 0.4) is 0 Å². The van der Waals surface area contributed by atoms with Gasteiger partial charge in [-0.3, -0.25) is 9.58 Å². The van der Waals surface area contributed by atoms with E-state index < -0.39 is 0 Å². The largest absolute Gasteiger partial charge is 0.444 e. The summed E-state index contributed by atoms with van der Waals surface area (Å²) in [6, 6.07) is 0.446. The van der Waals surface area contributed by atoms with Gasteiger partial charge in [0.25, 0.3) is 0 Å². The van der Waals surface area contributed by atoms with Crippen molar-refractivity contribution in [2.24, 2.45) is 7.05 Å². The van der Waals surface area contributed by atoms with Crippen molar-refractivity contribution in [1.82, 2.24) is 19.7 Å². The fourth-order valence-corrected chi connectivity index (χ4v) is 2.79. The van der Waals surface area contributed by atoms with Gasteiger partial charge in [-0.25, -0.2) is 4.98 Å². The third-order valence-corrected chi connectivity index (χ3v) is 3.88. The van der Waals surface area contributed by atoms with Crippen molar-refractivity contribution in [2.45, 2.75) is 39.3 Å². The predicted octanol–water partition coefficient (Wildman–Crippen LogP) is 2.36. The lowest BCUT2D eigenvalue weighted by Gasteiger charge is -2.21. The molecule has 1 atom stereocenters. The van der Waals surface area contributed by atoms with Crippen LogP contribution < -0.4 is 0 Å².